The van der Waals surface area contributed by atoms with Gasteiger partial charge in [0.05, 0.1) is 11.6 Å². The maximum absolute atomic E-state index is 14.4. The molecule has 5 rings (SSSR count). The summed E-state index contributed by atoms with van der Waals surface area (Å²) in [7, 11) is 0. The Hall–Kier alpha value is -2.09. The molecule has 0 N–H and O–H groups in total. The van der Waals surface area contributed by atoms with Crippen LogP contribution in [0.15, 0.2) is 78.2 Å². The van der Waals surface area contributed by atoms with Crippen LogP contribution in [0, 0.1) is 5.82 Å². The second-order valence-corrected chi connectivity index (χ2v) is 9.92. The van der Waals surface area contributed by atoms with Gasteiger partial charge in [0.15, 0.2) is 5.16 Å². The van der Waals surface area contributed by atoms with Gasteiger partial charge in [-0.05, 0) is 47.0 Å². The van der Waals surface area contributed by atoms with E-state index in [1.807, 2.05) is 18.2 Å². The van der Waals surface area contributed by atoms with Crippen molar-refractivity contribution in [2.24, 2.45) is 0 Å². The predicted octanol–water partition coefficient (Wildman–Crippen LogP) is 7.34. The van der Waals surface area contributed by atoms with Crippen LogP contribution in [-0.4, -0.2) is 14.8 Å². The Bertz CT molecular complexity index is 1280. The van der Waals surface area contributed by atoms with Gasteiger partial charge in [-0.15, -0.1) is 0 Å². The van der Waals surface area contributed by atoms with Crippen molar-refractivity contribution in [2.45, 2.75) is 29.2 Å². The van der Waals surface area contributed by atoms with E-state index in [0.29, 0.717) is 22.2 Å². The smallest absolute Gasteiger partial charge is 0.186 e. The highest BCUT2D eigenvalue weighted by Gasteiger charge is 2.59. The summed E-state index contributed by atoms with van der Waals surface area (Å²) in [5.74, 6) is 0.236. The number of epoxide rings is 1. The Morgan fingerprint density at radius 2 is 1.76 bits per heavy atom. The maximum Gasteiger partial charge on any atom is 0.186 e. The van der Waals surface area contributed by atoms with Crippen LogP contribution in [0.4, 0.5) is 4.39 Å². The molecule has 4 nitrogen and oxygen atoms in total. The SMILES string of the molecule is Fc1cc(C2(Cn3ncnc3SCc3ccccc3)OC2c2cc(Cl)cc(Cl)c2)ccc1Cl. The molecule has 0 bridgehead atoms. The minimum Gasteiger partial charge on any atom is -0.354 e. The van der Waals surface area contributed by atoms with E-state index in [1.165, 1.54) is 24.0 Å². The lowest BCUT2D eigenvalue weighted by Gasteiger charge is -2.16. The van der Waals surface area contributed by atoms with E-state index in [2.05, 4.69) is 22.2 Å². The van der Waals surface area contributed by atoms with Gasteiger partial charge >= 0.3 is 0 Å². The molecular formula is C24H17Cl3FN3OS. The Morgan fingerprint density at radius 1 is 1.00 bits per heavy atom. The zero-order valence-electron chi connectivity index (χ0n) is 17.1. The van der Waals surface area contributed by atoms with Gasteiger partial charge in [0.2, 0.25) is 0 Å². The molecule has 2 atom stereocenters. The molecule has 1 saturated heterocycles. The lowest BCUT2D eigenvalue weighted by atomic mass is 9.91. The van der Waals surface area contributed by atoms with Gasteiger partial charge in [0.25, 0.3) is 0 Å². The molecule has 9 heteroatoms. The largest absolute Gasteiger partial charge is 0.354 e. The topological polar surface area (TPSA) is 43.2 Å². The van der Waals surface area contributed by atoms with E-state index in [0.717, 1.165) is 16.5 Å². The summed E-state index contributed by atoms with van der Waals surface area (Å²) in [6.07, 6.45) is 1.13. The van der Waals surface area contributed by atoms with Crippen molar-refractivity contribution in [1.82, 2.24) is 14.8 Å². The Kier molecular flexibility index (Phi) is 6.38. The number of aromatic nitrogens is 3. The fraction of sp³-hybridized carbons (Fsp3) is 0.167. The number of ether oxygens (including phenoxy) is 1. The normalized spacial score (nSPS) is 19.6. The minimum atomic E-state index is -0.866. The van der Waals surface area contributed by atoms with E-state index in [4.69, 9.17) is 39.5 Å². The number of hydrogen-bond acceptors (Lipinski definition) is 4. The fourth-order valence-corrected chi connectivity index (χ4v) is 5.38. The molecule has 0 spiro atoms. The molecule has 2 unspecified atom stereocenters. The fourth-order valence-electron chi connectivity index (χ4n) is 3.85. The molecule has 1 fully saturated rings. The van der Waals surface area contributed by atoms with E-state index >= 15 is 0 Å². The first kappa shape index (κ1) is 22.7. The third-order valence-corrected chi connectivity index (χ3v) is 7.26. The van der Waals surface area contributed by atoms with Gasteiger partial charge in [-0.2, -0.15) is 5.10 Å². The lowest BCUT2D eigenvalue weighted by molar-refractivity contribution is 0.256. The highest BCUT2D eigenvalue weighted by atomic mass is 35.5. The van der Waals surface area contributed by atoms with Crippen LogP contribution in [0.5, 0.6) is 0 Å². The monoisotopic (exact) mass is 519 g/mol. The van der Waals surface area contributed by atoms with Crippen LogP contribution in [0.25, 0.3) is 0 Å². The first-order valence-electron chi connectivity index (χ1n) is 10.1. The molecule has 4 aromatic rings. The van der Waals surface area contributed by atoms with Crippen molar-refractivity contribution in [1.29, 1.82) is 0 Å². The number of halogens is 4. The highest BCUT2D eigenvalue weighted by Crippen LogP contribution is 2.59. The van der Waals surface area contributed by atoms with Crippen molar-refractivity contribution in [3.05, 3.63) is 111 Å². The lowest BCUT2D eigenvalue weighted by Crippen LogP contribution is -2.21. The highest BCUT2D eigenvalue weighted by molar-refractivity contribution is 7.98. The van der Waals surface area contributed by atoms with E-state index in [1.54, 1.807) is 40.7 Å². The van der Waals surface area contributed by atoms with Crippen LogP contribution in [-0.2, 0) is 22.6 Å². The predicted molar refractivity (Wildman–Crippen MR) is 129 cm³/mol. The molecule has 0 aliphatic carbocycles. The minimum absolute atomic E-state index is 0.0526. The molecule has 1 aliphatic rings. The third kappa shape index (κ3) is 4.77. The number of hydrogen-bond donors (Lipinski definition) is 0. The van der Waals surface area contributed by atoms with Gasteiger partial charge in [-0.3, -0.25) is 0 Å². The number of rotatable bonds is 7. The number of nitrogens with zero attached hydrogens (tertiary/aromatic N) is 3. The Balaban J connectivity index is 1.47. The second-order valence-electron chi connectivity index (χ2n) is 7.69. The van der Waals surface area contributed by atoms with Crippen molar-refractivity contribution in [3.63, 3.8) is 0 Å². The zero-order chi connectivity index (χ0) is 23.0. The molecule has 0 radical (unpaired) electrons. The molecule has 168 valence electrons. The van der Waals surface area contributed by atoms with Crippen LogP contribution in [0.2, 0.25) is 15.1 Å². The quantitative estimate of drug-likeness (QED) is 0.189. The molecule has 2 heterocycles. The van der Waals surface area contributed by atoms with E-state index < -0.39 is 11.4 Å². The van der Waals surface area contributed by atoms with E-state index in [-0.39, 0.29) is 11.1 Å². The molecule has 3 aromatic carbocycles. The first-order chi connectivity index (χ1) is 15.9. The first-order valence-corrected chi connectivity index (χ1v) is 12.2. The molecule has 33 heavy (non-hydrogen) atoms. The van der Waals surface area contributed by atoms with Gasteiger partial charge in [-0.1, -0.05) is 83.0 Å². The summed E-state index contributed by atoms with van der Waals surface area (Å²) in [4.78, 5) is 4.42. The summed E-state index contributed by atoms with van der Waals surface area (Å²) in [5, 5.41) is 6.22. The van der Waals surface area contributed by atoms with Gasteiger partial charge in [0.1, 0.15) is 23.8 Å². The standard InChI is InChI=1S/C24H17Cl3FN3OS/c25-18-8-16(9-19(26)11-18)22-24(32-22,17-6-7-20(27)21(28)10-17)13-31-23(29-14-30-31)33-12-15-4-2-1-3-5-15/h1-11,14,22H,12-13H2. The summed E-state index contributed by atoms with van der Waals surface area (Å²) in [5.41, 5.74) is 1.77. The second kappa shape index (κ2) is 9.28. The van der Waals surface area contributed by atoms with Crippen molar-refractivity contribution in [2.75, 3.05) is 0 Å². The average molecular weight is 521 g/mol. The third-order valence-electron chi connectivity index (χ3n) is 5.47. The van der Waals surface area contributed by atoms with Crippen molar-refractivity contribution < 1.29 is 9.13 Å². The zero-order valence-corrected chi connectivity index (χ0v) is 20.2. The van der Waals surface area contributed by atoms with E-state index in [9.17, 15) is 4.39 Å². The number of thioether (sulfide) groups is 1. The van der Waals surface area contributed by atoms with Crippen LogP contribution in [0.1, 0.15) is 22.8 Å². The Morgan fingerprint density at radius 3 is 2.48 bits per heavy atom. The van der Waals surface area contributed by atoms with Crippen molar-refractivity contribution >= 4 is 46.6 Å². The van der Waals surface area contributed by atoms with Gasteiger partial charge in [-0.25, -0.2) is 14.1 Å². The molecular weight excluding hydrogens is 504 g/mol. The summed E-state index contributed by atoms with van der Waals surface area (Å²) in [6, 6.07) is 20.1. The summed E-state index contributed by atoms with van der Waals surface area (Å²) in [6.45, 7) is 0.333. The van der Waals surface area contributed by atoms with Gasteiger partial charge < -0.3 is 4.74 Å². The van der Waals surface area contributed by atoms with Crippen LogP contribution >= 0.6 is 46.6 Å². The number of benzene rings is 3. The van der Waals surface area contributed by atoms with Crippen LogP contribution in [0.3, 0.4) is 0 Å². The molecule has 0 amide bonds. The summed E-state index contributed by atoms with van der Waals surface area (Å²) < 4.78 is 22.4. The van der Waals surface area contributed by atoms with Crippen molar-refractivity contribution in [3.8, 4) is 0 Å². The maximum atomic E-state index is 14.4. The average Bonchev–Trinajstić information content (AvgIpc) is 3.36. The molecule has 0 saturated carbocycles. The summed E-state index contributed by atoms with van der Waals surface area (Å²) >= 11 is 20.0. The molecule has 1 aliphatic heterocycles. The Labute approximate surface area is 209 Å². The van der Waals surface area contributed by atoms with Gasteiger partial charge in [0, 0.05) is 15.8 Å². The molecule has 1 aromatic heterocycles. The van der Waals surface area contributed by atoms with Crippen LogP contribution < -0.4 is 0 Å².